The molecule has 14 heteroatoms. The second-order valence-corrected chi connectivity index (χ2v) is 9.88. The topological polar surface area (TPSA) is 154 Å². The fourth-order valence-corrected chi connectivity index (χ4v) is 5.90. The van der Waals surface area contributed by atoms with Crippen molar-refractivity contribution in [1.29, 1.82) is 0 Å². The molecule has 6 atom stereocenters. The fraction of sp³-hybridized carbons (Fsp3) is 1.00. The van der Waals surface area contributed by atoms with Gasteiger partial charge in [-0.25, -0.2) is 0 Å². The van der Waals surface area contributed by atoms with Crippen molar-refractivity contribution in [3.63, 3.8) is 0 Å². The summed E-state index contributed by atoms with van der Waals surface area (Å²) in [5.74, 6) is -1.09. The van der Waals surface area contributed by atoms with Gasteiger partial charge in [0.25, 0.3) is 7.82 Å². The Morgan fingerprint density at radius 2 is 2.00 bits per heavy atom. The van der Waals surface area contributed by atoms with Crippen LogP contribution in [0.4, 0.5) is 0 Å². The molecule has 1 fully saturated rings. The molecule has 10 nitrogen and oxygen atoms in total. The van der Waals surface area contributed by atoms with Gasteiger partial charge in [0.2, 0.25) is 0 Å². The van der Waals surface area contributed by atoms with E-state index in [1.807, 2.05) is 0 Å². The van der Waals surface area contributed by atoms with Crippen molar-refractivity contribution in [2.75, 3.05) is 19.6 Å². The minimum atomic E-state index is -4.98. The van der Waals surface area contributed by atoms with Crippen LogP contribution in [0.3, 0.4) is 0 Å². The first-order valence-corrected chi connectivity index (χ1v) is 10.6. The quantitative estimate of drug-likeness (QED) is 0.481. The van der Waals surface area contributed by atoms with Crippen LogP contribution in [0.15, 0.2) is 0 Å². The molecule has 1 heterocycles. The number of hydrogen-bond acceptors (Lipinski definition) is 10. The van der Waals surface area contributed by atoms with E-state index in [1.54, 1.807) is 6.92 Å². The second-order valence-electron chi connectivity index (χ2n) is 4.45. The predicted molar refractivity (Wildman–Crippen MR) is 68.1 cm³/mol. The van der Waals surface area contributed by atoms with Gasteiger partial charge in [-0.15, -0.1) is 0 Å². The number of phosphoric ester groups is 1. The predicted octanol–water partition coefficient (Wildman–Crippen LogP) is -0.344. The zero-order chi connectivity index (χ0) is 16.3. The summed E-state index contributed by atoms with van der Waals surface area (Å²) in [5, 5.41) is 9.56. The van der Waals surface area contributed by atoms with Crippen LogP contribution >= 0.6 is 23.4 Å². The van der Waals surface area contributed by atoms with Crippen LogP contribution in [-0.2, 0) is 64.5 Å². The number of aliphatic hydroxyl groups excluding tert-OH is 1. The monoisotopic (exact) mass is 455 g/mol. The Labute approximate surface area is 153 Å². The van der Waals surface area contributed by atoms with Crippen molar-refractivity contribution < 1.29 is 79.4 Å². The van der Waals surface area contributed by atoms with Crippen LogP contribution in [0.1, 0.15) is 13.3 Å². The second kappa shape index (κ2) is 9.86. The summed E-state index contributed by atoms with van der Waals surface area (Å²) in [6.07, 6.45) is -1.28. The third kappa shape index (κ3) is 8.56. The first-order chi connectivity index (χ1) is 9.54. The maximum Gasteiger partial charge on any atom is 0.272 e. The normalized spacial score (nSPS) is 31.8. The molecule has 1 rings (SSSR count). The molecule has 22 heavy (non-hydrogen) atoms. The van der Waals surface area contributed by atoms with Gasteiger partial charge in [0.1, 0.15) is 6.10 Å². The van der Waals surface area contributed by atoms with Crippen molar-refractivity contribution in [2.45, 2.75) is 31.7 Å². The molecule has 0 aliphatic carbocycles. The van der Waals surface area contributed by atoms with E-state index in [9.17, 15) is 28.6 Å². The van der Waals surface area contributed by atoms with Crippen molar-refractivity contribution in [2.24, 2.45) is 0 Å². The first-order valence-electron chi connectivity index (χ1n) is 5.92. The van der Waals surface area contributed by atoms with Crippen LogP contribution < -0.4 is 9.79 Å². The van der Waals surface area contributed by atoms with E-state index in [4.69, 9.17) is 9.26 Å². The first kappa shape index (κ1) is 23.5. The molecule has 4 unspecified atom stereocenters. The Morgan fingerprint density at radius 1 is 1.41 bits per heavy atom. The van der Waals surface area contributed by atoms with Crippen LogP contribution in [0.2, 0.25) is 0 Å². The zero-order valence-corrected chi connectivity index (χ0v) is 17.6. The SMILES string of the molecule is COP(=O)([O-])OP(=O)([O-])C[PH](=O)OC[C@H]1O[C@@H](C)CC1O.[Y]. The van der Waals surface area contributed by atoms with E-state index in [1.165, 1.54) is 0 Å². The van der Waals surface area contributed by atoms with Crippen LogP contribution in [0.5, 0.6) is 0 Å². The molecular formula is C8H17O10P3Y-2. The molecule has 1 radical (unpaired) electrons. The smallest absolute Gasteiger partial charge is 0.272 e. The van der Waals surface area contributed by atoms with Gasteiger partial charge in [0.15, 0.2) is 15.6 Å². The molecule has 1 N–H and O–H groups in total. The Morgan fingerprint density at radius 3 is 2.45 bits per heavy atom. The van der Waals surface area contributed by atoms with E-state index < -0.39 is 41.6 Å². The third-order valence-corrected chi connectivity index (χ3v) is 7.90. The van der Waals surface area contributed by atoms with Crippen LogP contribution in [0.25, 0.3) is 0 Å². The number of hydrogen-bond donors (Lipinski definition) is 1. The average Bonchev–Trinajstić information content (AvgIpc) is 2.63. The summed E-state index contributed by atoms with van der Waals surface area (Å²) in [4.78, 5) is 22.2. The number of rotatable bonds is 8. The molecule has 1 aliphatic heterocycles. The summed E-state index contributed by atoms with van der Waals surface area (Å²) in [6.45, 7) is 1.48. The summed E-state index contributed by atoms with van der Waals surface area (Å²) >= 11 is 0. The van der Waals surface area contributed by atoms with Crippen LogP contribution in [0, 0.1) is 0 Å². The molecule has 0 aromatic carbocycles. The molecule has 0 amide bonds. The summed E-state index contributed by atoms with van der Waals surface area (Å²) in [7, 11) is -12.3. The third-order valence-electron chi connectivity index (χ3n) is 2.59. The van der Waals surface area contributed by atoms with E-state index in [0.29, 0.717) is 6.42 Å². The van der Waals surface area contributed by atoms with E-state index >= 15 is 0 Å². The maximum absolute atomic E-state index is 11.5. The van der Waals surface area contributed by atoms with Crippen molar-refractivity contribution in [1.82, 2.24) is 0 Å². The molecule has 0 bridgehead atoms. The summed E-state index contributed by atoms with van der Waals surface area (Å²) < 4.78 is 51.4. The Balaban J connectivity index is 0.00000441. The largest absolute Gasteiger partial charge is 0.778 e. The van der Waals surface area contributed by atoms with Crippen molar-refractivity contribution in [3.05, 3.63) is 0 Å². The molecule has 0 aromatic rings. The van der Waals surface area contributed by atoms with Gasteiger partial charge in [0.05, 0.1) is 24.7 Å². The van der Waals surface area contributed by atoms with Gasteiger partial charge in [-0.1, -0.05) is 0 Å². The standard InChI is InChI=1S/C8H19O10P3.Y/c1-6-3-7(9)8(17-6)4-16-19(10)5-20(11,12)18-21(13,14)15-2;/h6-9,19H,3-5H2,1-2H3,(H,11,12)(H,13,14);/p-2/t6-,7?,8+;/m0./s1. The van der Waals surface area contributed by atoms with Gasteiger partial charge in [-0.05, 0) is 6.92 Å². The van der Waals surface area contributed by atoms with E-state index in [-0.39, 0.29) is 45.4 Å². The van der Waals surface area contributed by atoms with Gasteiger partial charge in [-0.2, -0.15) is 0 Å². The summed E-state index contributed by atoms with van der Waals surface area (Å²) in [6, 6.07) is 0. The average molecular weight is 455 g/mol. The molecule has 1 aliphatic rings. The molecular weight excluding hydrogens is 438 g/mol. The summed E-state index contributed by atoms with van der Waals surface area (Å²) in [5.41, 5.74) is 0. The van der Waals surface area contributed by atoms with Gasteiger partial charge in [0, 0.05) is 46.2 Å². The molecule has 0 spiro atoms. The van der Waals surface area contributed by atoms with Crippen molar-refractivity contribution >= 4 is 23.4 Å². The minimum Gasteiger partial charge on any atom is -0.778 e. The molecule has 0 aromatic heterocycles. The molecule has 129 valence electrons. The Bertz CT molecular complexity index is 473. The molecule has 0 saturated carbocycles. The number of phosphoric acid groups is 1. The fourth-order valence-electron chi connectivity index (χ4n) is 1.68. The van der Waals surface area contributed by atoms with E-state index in [2.05, 4.69) is 8.83 Å². The van der Waals surface area contributed by atoms with Gasteiger partial charge in [-0.3, -0.25) is 13.4 Å². The Hall–Kier alpha value is 1.51. The van der Waals surface area contributed by atoms with Crippen molar-refractivity contribution in [3.8, 4) is 0 Å². The number of aliphatic hydroxyl groups is 1. The van der Waals surface area contributed by atoms with E-state index in [0.717, 1.165) is 7.11 Å². The van der Waals surface area contributed by atoms with Crippen LogP contribution in [-0.4, -0.2) is 43.0 Å². The molecule has 1 saturated heterocycles. The minimum absolute atomic E-state index is 0. The Kier molecular flexibility index (Phi) is 10.5. The zero-order valence-electron chi connectivity index (χ0n) is 11.9. The van der Waals surface area contributed by atoms with Gasteiger partial charge >= 0.3 is 0 Å². The number of ether oxygens (including phenoxy) is 1. The maximum atomic E-state index is 11.5. The van der Waals surface area contributed by atoms with Gasteiger partial charge < -0.3 is 33.2 Å².